The molecule has 8 nitrogen and oxygen atoms in total. The second kappa shape index (κ2) is 10.8. The Bertz CT molecular complexity index is 1210. The topological polar surface area (TPSA) is 93.4 Å². The van der Waals surface area contributed by atoms with E-state index in [1.54, 1.807) is 13.3 Å². The third-order valence-electron chi connectivity index (χ3n) is 6.54. The maximum atomic E-state index is 9.71. The number of benzene rings is 1. The van der Waals surface area contributed by atoms with Crippen LogP contribution in [0, 0.1) is 11.3 Å². The number of anilines is 1. The number of hydrogen-bond acceptors (Lipinski definition) is 8. The van der Waals surface area contributed by atoms with E-state index in [9.17, 15) is 5.26 Å². The van der Waals surface area contributed by atoms with E-state index >= 15 is 0 Å². The molecule has 2 aliphatic rings. The Kier molecular flexibility index (Phi) is 7.17. The zero-order valence-electron chi connectivity index (χ0n) is 19.9. The Labute approximate surface area is 205 Å². The lowest BCUT2D eigenvalue weighted by molar-refractivity contribution is 0.0254. The van der Waals surface area contributed by atoms with Gasteiger partial charge in [0.05, 0.1) is 30.6 Å². The Morgan fingerprint density at radius 3 is 2.71 bits per heavy atom. The van der Waals surface area contributed by atoms with Crippen molar-refractivity contribution in [3.05, 3.63) is 65.7 Å². The van der Waals surface area contributed by atoms with Gasteiger partial charge in [-0.05, 0) is 48.4 Å². The predicted octanol–water partition coefficient (Wildman–Crippen LogP) is 3.78. The molecule has 0 bridgehead atoms. The molecule has 0 amide bonds. The molecule has 8 heteroatoms. The highest BCUT2D eigenvalue weighted by atomic mass is 16.5. The van der Waals surface area contributed by atoms with Crippen LogP contribution in [0.15, 0.2) is 48.8 Å². The average molecular weight is 472 g/mol. The first-order chi connectivity index (χ1) is 17.2. The highest BCUT2D eigenvalue weighted by Gasteiger charge is 2.23. The predicted molar refractivity (Wildman–Crippen MR) is 131 cm³/mol. The van der Waals surface area contributed by atoms with Gasteiger partial charge in [-0.1, -0.05) is 0 Å². The SMILES string of the molecule is COC1CCN(c2cc(Cc3nccc(-c4ccc(OC5CCOCC5)c(C#N)c4)n3)ccn2)C1. The third-order valence-corrected chi connectivity index (χ3v) is 6.54. The number of aromatic nitrogens is 3. The monoisotopic (exact) mass is 471 g/mol. The summed E-state index contributed by atoms with van der Waals surface area (Å²) in [5, 5.41) is 9.71. The van der Waals surface area contributed by atoms with Crippen LogP contribution in [0.25, 0.3) is 11.3 Å². The molecule has 4 heterocycles. The molecule has 2 aromatic heterocycles. The van der Waals surface area contributed by atoms with Gasteiger partial charge in [0.15, 0.2) is 0 Å². The van der Waals surface area contributed by atoms with Crippen LogP contribution in [0.4, 0.5) is 5.82 Å². The summed E-state index contributed by atoms with van der Waals surface area (Å²) in [5.74, 6) is 2.29. The van der Waals surface area contributed by atoms with Crippen LogP contribution in [0.3, 0.4) is 0 Å². The fourth-order valence-electron chi connectivity index (χ4n) is 4.55. The zero-order valence-corrected chi connectivity index (χ0v) is 19.9. The summed E-state index contributed by atoms with van der Waals surface area (Å²) in [7, 11) is 1.76. The number of pyridine rings is 1. The summed E-state index contributed by atoms with van der Waals surface area (Å²) in [4.78, 5) is 16.1. The lowest BCUT2D eigenvalue weighted by Crippen LogP contribution is -2.26. The van der Waals surface area contributed by atoms with Crippen LogP contribution in [-0.2, 0) is 15.9 Å². The van der Waals surface area contributed by atoms with Crippen molar-refractivity contribution in [3.63, 3.8) is 0 Å². The van der Waals surface area contributed by atoms with Crippen molar-refractivity contribution in [2.75, 3.05) is 38.3 Å². The van der Waals surface area contributed by atoms with Crippen LogP contribution in [0.5, 0.6) is 5.75 Å². The van der Waals surface area contributed by atoms with E-state index in [-0.39, 0.29) is 12.2 Å². The highest BCUT2D eigenvalue weighted by molar-refractivity contribution is 5.64. The van der Waals surface area contributed by atoms with Crippen molar-refractivity contribution in [2.45, 2.75) is 37.9 Å². The molecule has 5 rings (SSSR count). The summed E-state index contributed by atoms with van der Waals surface area (Å²) in [6, 6.07) is 13.9. The summed E-state index contributed by atoms with van der Waals surface area (Å²) in [6.45, 7) is 3.18. The molecular formula is C27H29N5O3. The second-order valence-electron chi connectivity index (χ2n) is 8.90. The van der Waals surface area contributed by atoms with E-state index in [4.69, 9.17) is 19.2 Å². The van der Waals surface area contributed by atoms with Gasteiger partial charge in [-0.15, -0.1) is 0 Å². The largest absolute Gasteiger partial charge is 0.489 e. The third kappa shape index (κ3) is 5.59. The van der Waals surface area contributed by atoms with E-state index < -0.39 is 0 Å². The molecule has 1 aromatic carbocycles. The number of hydrogen-bond donors (Lipinski definition) is 0. The minimum Gasteiger partial charge on any atom is -0.489 e. The van der Waals surface area contributed by atoms with Crippen LogP contribution in [0.2, 0.25) is 0 Å². The van der Waals surface area contributed by atoms with Gasteiger partial charge < -0.3 is 19.1 Å². The minimum atomic E-state index is 0.0820. The number of nitriles is 1. The van der Waals surface area contributed by atoms with Crippen molar-refractivity contribution in [3.8, 4) is 23.1 Å². The minimum absolute atomic E-state index is 0.0820. The molecule has 0 N–H and O–H groups in total. The molecule has 1 atom stereocenters. The first kappa shape index (κ1) is 23.2. The maximum Gasteiger partial charge on any atom is 0.137 e. The van der Waals surface area contributed by atoms with Crippen LogP contribution >= 0.6 is 0 Å². The summed E-state index contributed by atoms with van der Waals surface area (Å²) in [6.07, 6.45) is 7.23. The van der Waals surface area contributed by atoms with Gasteiger partial charge in [-0.3, -0.25) is 0 Å². The fourth-order valence-corrected chi connectivity index (χ4v) is 4.55. The fraction of sp³-hybridized carbons (Fsp3) is 0.407. The molecule has 0 aliphatic carbocycles. The molecule has 3 aromatic rings. The molecule has 35 heavy (non-hydrogen) atoms. The van der Waals surface area contributed by atoms with Crippen molar-refractivity contribution in [1.82, 2.24) is 15.0 Å². The van der Waals surface area contributed by atoms with Gasteiger partial charge >= 0.3 is 0 Å². The summed E-state index contributed by atoms with van der Waals surface area (Å²) < 4.78 is 17.0. The number of ether oxygens (including phenoxy) is 3. The van der Waals surface area contributed by atoms with Gasteiger partial charge in [-0.25, -0.2) is 15.0 Å². The molecule has 2 aliphatic heterocycles. The lowest BCUT2D eigenvalue weighted by Gasteiger charge is -2.23. The average Bonchev–Trinajstić information content (AvgIpc) is 3.39. The first-order valence-electron chi connectivity index (χ1n) is 12.1. The molecule has 2 fully saturated rings. The van der Waals surface area contributed by atoms with E-state index in [0.717, 1.165) is 60.8 Å². The van der Waals surface area contributed by atoms with Crippen molar-refractivity contribution >= 4 is 5.82 Å². The van der Waals surface area contributed by atoms with E-state index in [1.807, 2.05) is 36.5 Å². The standard InChI is InChI=1S/C27H29N5O3/c1-33-23-6-11-32(18-23)27-15-19(4-9-30-27)14-26-29-10-5-24(31-26)20-2-3-25(21(16-20)17-28)35-22-7-12-34-13-8-22/h2-5,9-10,15-16,22-23H,6-8,11-14,18H2,1H3. The molecule has 2 saturated heterocycles. The summed E-state index contributed by atoms with van der Waals surface area (Å²) in [5.41, 5.74) is 3.25. The second-order valence-corrected chi connectivity index (χ2v) is 8.90. The zero-order chi connectivity index (χ0) is 24.0. The van der Waals surface area contributed by atoms with Crippen LogP contribution < -0.4 is 9.64 Å². The quantitative estimate of drug-likeness (QED) is 0.514. The van der Waals surface area contributed by atoms with Gasteiger partial charge in [0.1, 0.15) is 29.6 Å². The van der Waals surface area contributed by atoms with E-state index in [0.29, 0.717) is 30.9 Å². The van der Waals surface area contributed by atoms with Gasteiger partial charge in [0, 0.05) is 57.4 Å². The Morgan fingerprint density at radius 2 is 1.91 bits per heavy atom. The number of nitrogens with zero attached hydrogens (tertiary/aromatic N) is 5. The molecule has 0 spiro atoms. The number of rotatable bonds is 7. The van der Waals surface area contributed by atoms with Gasteiger partial charge in [0.25, 0.3) is 0 Å². The van der Waals surface area contributed by atoms with Crippen molar-refractivity contribution in [1.29, 1.82) is 5.26 Å². The van der Waals surface area contributed by atoms with E-state index in [1.165, 1.54) is 0 Å². The summed E-state index contributed by atoms with van der Waals surface area (Å²) >= 11 is 0. The first-order valence-corrected chi connectivity index (χ1v) is 12.1. The highest BCUT2D eigenvalue weighted by Crippen LogP contribution is 2.28. The molecule has 1 unspecified atom stereocenters. The van der Waals surface area contributed by atoms with Gasteiger partial charge in [-0.2, -0.15) is 5.26 Å². The van der Waals surface area contributed by atoms with E-state index in [2.05, 4.69) is 27.0 Å². The van der Waals surface area contributed by atoms with Gasteiger partial charge in [0.2, 0.25) is 0 Å². The Morgan fingerprint density at radius 1 is 1.06 bits per heavy atom. The molecule has 180 valence electrons. The molecular weight excluding hydrogens is 442 g/mol. The lowest BCUT2D eigenvalue weighted by atomic mass is 10.1. The Hall–Kier alpha value is -3.54. The van der Waals surface area contributed by atoms with Crippen LogP contribution in [-0.4, -0.2) is 60.6 Å². The van der Waals surface area contributed by atoms with Crippen molar-refractivity contribution in [2.24, 2.45) is 0 Å². The number of methoxy groups -OCH3 is 1. The van der Waals surface area contributed by atoms with Crippen LogP contribution in [0.1, 0.15) is 36.2 Å². The Balaban J connectivity index is 1.31. The molecule has 0 saturated carbocycles. The maximum absolute atomic E-state index is 9.71. The van der Waals surface area contributed by atoms with Crippen molar-refractivity contribution < 1.29 is 14.2 Å². The smallest absolute Gasteiger partial charge is 0.137 e. The normalized spacial score (nSPS) is 18.4. The molecule has 0 radical (unpaired) electrons.